The molecule has 1 aromatic heterocycles. The summed E-state index contributed by atoms with van der Waals surface area (Å²) in [4.78, 5) is 19.1. The zero-order valence-corrected chi connectivity index (χ0v) is 14.7. The number of hydrogen-bond donors (Lipinski definition) is 1. The van der Waals surface area contributed by atoms with E-state index in [1.165, 1.54) is 19.3 Å². The number of hydrogen-bond acceptors (Lipinski definition) is 4. The maximum absolute atomic E-state index is 12.4. The fourth-order valence-corrected chi connectivity index (χ4v) is 3.69. The van der Waals surface area contributed by atoms with Gasteiger partial charge >= 0.3 is 0 Å². The third-order valence-electron chi connectivity index (χ3n) is 3.98. The Morgan fingerprint density at radius 2 is 2.13 bits per heavy atom. The molecular weight excluding hydrogens is 330 g/mol. The summed E-state index contributed by atoms with van der Waals surface area (Å²) in [5.41, 5.74) is 2.58. The van der Waals surface area contributed by atoms with Crippen LogP contribution in [0.25, 0.3) is 0 Å². The first kappa shape index (κ1) is 16.3. The van der Waals surface area contributed by atoms with E-state index in [1.54, 1.807) is 11.3 Å². The number of anilines is 1. The van der Waals surface area contributed by atoms with Crippen LogP contribution in [-0.4, -0.2) is 24.0 Å². The number of carbonyl (C=O) groups excluding carboxylic acids is 1. The lowest BCUT2D eigenvalue weighted by molar-refractivity contribution is 0.0951. The molecule has 23 heavy (non-hydrogen) atoms. The molecule has 6 heteroatoms. The van der Waals surface area contributed by atoms with Gasteiger partial charge in [0.25, 0.3) is 5.91 Å². The molecule has 122 valence electrons. The molecule has 1 aliphatic rings. The summed E-state index contributed by atoms with van der Waals surface area (Å²) in [5, 5.41) is 6.27. The minimum Gasteiger partial charge on any atom is -0.372 e. The minimum absolute atomic E-state index is 0.151. The van der Waals surface area contributed by atoms with Gasteiger partial charge in [-0.15, -0.1) is 11.3 Å². The summed E-state index contributed by atoms with van der Waals surface area (Å²) >= 11 is 7.77. The highest BCUT2D eigenvalue weighted by Gasteiger charge is 2.16. The Kier molecular flexibility index (Phi) is 5.18. The number of halogens is 1. The van der Waals surface area contributed by atoms with Crippen molar-refractivity contribution in [2.75, 3.05) is 18.0 Å². The first-order valence-electron chi connectivity index (χ1n) is 7.87. The van der Waals surface area contributed by atoms with Crippen molar-refractivity contribution in [1.29, 1.82) is 0 Å². The molecule has 1 N–H and O–H groups in total. The van der Waals surface area contributed by atoms with E-state index in [1.807, 2.05) is 30.5 Å². The van der Waals surface area contributed by atoms with Crippen LogP contribution in [0.5, 0.6) is 0 Å². The number of rotatable bonds is 4. The van der Waals surface area contributed by atoms with Crippen LogP contribution in [0.15, 0.2) is 23.6 Å². The zero-order valence-electron chi connectivity index (χ0n) is 13.1. The molecule has 0 atom stereocenters. The molecule has 4 nitrogen and oxygen atoms in total. The molecule has 1 fully saturated rings. The van der Waals surface area contributed by atoms with E-state index < -0.39 is 0 Å². The summed E-state index contributed by atoms with van der Waals surface area (Å²) in [5.74, 6) is -0.151. The maximum Gasteiger partial charge on any atom is 0.253 e. The average Bonchev–Trinajstić information content (AvgIpc) is 2.99. The third kappa shape index (κ3) is 4.03. The van der Waals surface area contributed by atoms with Crippen molar-refractivity contribution in [2.24, 2.45) is 0 Å². The lowest BCUT2D eigenvalue weighted by atomic mass is 10.1. The Morgan fingerprint density at radius 3 is 2.83 bits per heavy atom. The minimum atomic E-state index is -0.151. The normalized spacial score (nSPS) is 14.8. The van der Waals surface area contributed by atoms with Gasteiger partial charge < -0.3 is 10.2 Å². The maximum atomic E-state index is 12.4. The smallest absolute Gasteiger partial charge is 0.253 e. The SMILES string of the molecule is Cc1csc(CNC(=O)c2cc(N3CCCCC3)ccc2Cl)n1. The highest BCUT2D eigenvalue weighted by molar-refractivity contribution is 7.09. The standard InChI is InChI=1S/C17H20ClN3OS/c1-12-11-23-16(20-12)10-19-17(22)14-9-13(5-6-15(14)18)21-7-3-2-4-8-21/h5-6,9,11H,2-4,7-8,10H2,1H3,(H,19,22). The van der Waals surface area contributed by atoms with Crippen LogP contribution in [0.2, 0.25) is 5.02 Å². The van der Waals surface area contributed by atoms with Crippen LogP contribution in [0.4, 0.5) is 5.69 Å². The summed E-state index contributed by atoms with van der Waals surface area (Å²) < 4.78 is 0. The first-order chi connectivity index (χ1) is 11.1. The average molecular weight is 350 g/mol. The number of thiazole rings is 1. The van der Waals surface area contributed by atoms with Crippen molar-refractivity contribution < 1.29 is 4.79 Å². The second kappa shape index (κ2) is 7.32. The van der Waals surface area contributed by atoms with Crippen molar-refractivity contribution >= 4 is 34.5 Å². The molecule has 0 spiro atoms. The lowest BCUT2D eigenvalue weighted by Gasteiger charge is -2.29. The largest absolute Gasteiger partial charge is 0.372 e. The van der Waals surface area contributed by atoms with E-state index in [-0.39, 0.29) is 5.91 Å². The van der Waals surface area contributed by atoms with Gasteiger partial charge in [0, 0.05) is 29.9 Å². The number of piperidine rings is 1. The van der Waals surface area contributed by atoms with Gasteiger partial charge in [0.2, 0.25) is 0 Å². The summed E-state index contributed by atoms with van der Waals surface area (Å²) in [6, 6.07) is 5.71. The topological polar surface area (TPSA) is 45.2 Å². The molecule has 0 unspecified atom stereocenters. The molecule has 0 radical (unpaired) electrons. The highest BCUT2D eigenvalue weighted by Crippen LogP contribution is 2.25. The van der Waals surface area contributed by atoms with Crippen molar-refractivity contribution in [3.63, 3.8) is 0 Å². The fraction of sp³-hybridized carbons (Fsp3) is 0.412. The van der Waals surface area contributed by atoms with E-state index >= 15 is 0 Å². The van der Waals surface area contributed by atoms with Crippen LogP contribution in [0.3, 0.4) is 0 Å². The number of amides is 1. The van der Waals surface area contributed by atoms with Gasteiger partial charge in [-0.1, -0.05) is 11.6 Å². The summed E-state index contributed by atoms with van der Waals surface area (Å²) in [6.07, 6.45) is 3.69. The lowest BCUT2D eigenvalue weighted by Crippen LogP contribution is -2.30. The van der Waals surface area contributed by atoms with Crippen LogP contribution >= 0.6 is 22.9 Å². The predicted molar refractivity (Wildman–Crippen MR) is 95.5 cm³/mol. The van der Waals surface area contributed by atoms with Gasteiger partial charge in [0.05, 0.1) is 17.1 Å². The van der Waals surface area contributed by atoms with Gasteiger partial charge in [0.15, 0.2) is 0 Å². The van der Waals surface area contributed by atoms with Crippen LogP contribution in [0, 0.1) is 6.92 Å². The molecule has 0 bridgehead atoms. The van der Waals surface area contributed by atoms with Crippen molar-refractivity contribution in [1.82, 2.24) is 10.3 Å². The van der Waals surface area contributed by atoms with Gasteiger partial charge in [-0.25, -0.2) is 4.98 Å². The molecule has 1 aliphatic heterocycles. The highest BCUT2D eigenvalue weighted by atomic mass is 35.5. The molecule has 3 rings (SSSR count). The molecule has 1 saturated heterocycles. The summed E-state index contributed by atoms with van der Waals surface area (Å²) in [6.45, 7) is 4.46. The third-order valence-corrected chi connectivity index (χ3v) is 5.28. The number of carbonyl (C=O) groups is 1. The quantitative estimate of drug-likeness (QED) is 0.906. The van der Waals surface area contributed by atoms with E-state index in [0.717, 1.165) is 29.5 Å². The number of benzene rings is 1. The molecule has 1 amide bonds. The van der Waals surface area contributed by atoms with Crippen LogP contribution in [0.1, 0.15) is 40.3 Å². The van der Waals surface area contributed by atoms with Crippen molar-refractivity contribution in [3.8, 4) is 0 Å². The number of nitrogens with zero attached hydrogens (tertiary/aromatic N) is 2. The van der Waals surface area contributed by atoms with Crippen molar-refractivity contribution in [2.45, 2.75) is 32.7 Å². The molecule has 0 saturated carbocycles. The van der Waals surface area contributed by atoms with Crippen LogP contribution < -0.4 is 10.2 Å². The van der Waals surface area contributed by atoms with Gasteiger partial charge in [-0.2, -0.15) is 0 Å². The summed E-state index contributed by atoms with van der Waals surface area (Å²) in [7, 11) is 0. The Bertz CT molecular complexity index is 695. The van der Waals surface area contributed by atoms with Crippen molar-refractivity contribution in [3.05, 3.63) is 44.9 Å². The second-order valence-corrected chi connectivity index (χ2v) is 7.13. The molecule has 2 aromatic rings. The molecule has 0 aliphatic carbocycles. The van der Waals surface area contributed by atoms with E-state index in [4.69, 9.17) is 11.6 Å². The first-order valence-corrected chi connectivity index (χ1v) is 9.13. The van der Waals surface area contributed by atoms with E-state index in [9.17, 15) is 4.79 Å². The number of nitrogens with one attached hydrogen (secondary N) is 1. The van der Waals surface area contributed by atoms with Gasteiger partial charge in [-0.05, 0) is 44.4 Å². The van der Waals surface area contributed by atoms with Crippen LogP contribution in [-0.2, 0) is 6.54 Å². The number of aromatic nitrogens is 1. The fourth-order valence-electron chi connectivity index (χ4n) is 2.77. The zero-order chi connectivity index (χ0) is 16.2. The Morgan fingerprint density at radius 1 is 1.35 bits per heavy atom. The van der Waals surface area contributed by atoms with Gasteiger partial charge in [0.1, 0.15) is 5.01 Å². The Labute approximate surface area is 145 Å². The Balaban J connectivity index is 1.71. The number of aryl methyl sites for hydroxylation is 1. The monoisotopic (exact) mass is 349 g/mol. The Hall–Kier alpha value is -1.59. The van der Waals surface area contributed by atoms with E-state index in [0.29, 0.717) is 17.1 Å². The predicted octanol–water partition coefficient (Wildman–Crippen LogP) is 4.03. The second-order valence-electron chi connectivity index (χ2n) is 5.78. The molecule has 1 aromatic carbocycles. The molecule has 2 heterocycles. The van der Waals surface area contributed by atoms with Gasteiger partial charge in [-0.3, -0.25) is 4.79 Å². The van der Waals surface area contributed by atoms with E-state index in [2.05, 4.69) is 15.2 Å². The molecular formula is C17H20ClN3OS.